The van der Waals surface area contributed by atoms with Crippen LogP contribution in [-0.4, -0.2) is 10.2 Å². The number of hydrogen-bond donors (Lipinski definition) is 2. The summed E-state index contributed by atoms with van der Waals surface area (Å²) in [6.07, 6.45) is 1.76. The highest BCUT2D eigenvalue weighted by Crippen LogP contribution is 2.20. The first-order chi connectivity index (χ1) is 7.27. The van der Waals surface area contributed by atoms with E-state index >= 15 is 0 Å². The minimum absolute atomic E-state index is 0.359. The van der Waals surface area contributed by atoms with Gasteiger partial charge in [0.05, 0.1) is 11.4 Å². The molecule has 3 nitrogen and oxygen atoms in total. The van der Waals surface area contributed by atoms with Crippen LogP contribution in [0.5, 0.6) is 0 Å². The molecule has 0 atom stereocenters. The standard InChI is InChI=1S/C11H12ClN3/c12-11-10(13)9(14-15-11)7-6-8-4-2-1-3-5-8/h1-5H,6-7,13H2,(H,14,15). The molecule has 78 valence electrons. The maximum absolute atomic E-state index is 5.74. The highest BCUT2D eigenvalue weighted by Gasteiger charge is 2.06. The normalized spacial score (nSPS) is 10.5. The van der Waals surface area contributed by atoms with Crippen LogP contribution in [0.15, 0.2) is 30.3 Å². The van der Waals surface area contributed by atoms with Crippen molar-refractivity contribution < 1.29 is 0 Å². The van der Waals surface area contributed by atoms with Crippen LogP contribution in [0.3, 0.4) is 0 Å². The highest BCUT2D eigenvalue weighted by atomic mass is 35.5. The van der Waals surface area contributed by atoms with Crippen molar-refractivity contribution in [3.63, 3.8) is 0 Å². The Balaban J connectivity index is 2.02. The molecule has 0 aliphatic carbocycles. The summed E-state index contributed by atoms with van der Waals surface area (Å²) in [7, 11) is 0. The molecule has 15 heavy (non-hydrogen) atoms. The van der Waals surface area contributed by atoms with E-state index in [0.717, 1.165) is 18.5 Å². The number of aromatic amines is 1. The van der Waals surface area contributed by atoms with Gasteiger partial charge in [-0.1, -0.05) is 41.9 Å². The molecule has 0 aliphatic heterocycles. The van der Waals surface area contributed by atoms with E-state index in [9.17, 15) is 0 Å². The van der Waals surface area contributed by atoms with Gasteiger partial charge in [-0.15, -0.1) is 0 Å². The Bertz CT molecular complexity index is 436. The Morgan fingerprint density at radius 3 is 2.53 bits per heavy atom. The summed E-state index contributed by atoms with van der Waals surface area (Å²) < 4.78 is 0. The van der Waals surface area contributed by atoms with Gasteiger partial charge in [0.2, 0.25) is 0 Å². The van der Waals surface area contributed by atoms with E-state index in [1.165, 1.54) is 5.56 Å². The van der Waals surface area contributed by atoms with Gasteiger partial charge < -0.3 is 5.73 Å². The number of nitrogens with one attached hydrogen (secondary N) is 1. The molecule has 1 aromatic carbocycles. The molecular formula is C11H12ClN3. The summed E-state index contributed by atoms with van der Waals surface area (Å²) in [5.74, 6) is 0. The molecule has 1 aromatic heterocycles. The van der Waals surface area contributed by atoms with Crippen molar-refractivity contribution in [3.8, 4) is 0 Å². The highest BCUT2D eigenvalue weighted by molar-refractivity contribution is 6.31. The lowest BCUT2D eigenvalue weighted by Crippen LogP contribution is -1.95. The second kappa shape index (κ2) is 4.36. The molecule has 0 saturated carbocycles. The zero-order valence-corrected chi connectivity index (χ0v) is 8.96. The number of rotatable bonds is 3. The Morgan fingerprint density at radius 1 is 1.20 bits per heavy atom. The summed E-state index contributed by atoms with van der Waals surface area (Å²) in [5.41, 5.74) is 8.49. The predicted octanol–water partition coefficient (Wildman–Crippen LogP) is 2.43. The number of hydrogen-bond acceptors (Lipinski definition) is 2. The Hall–Kier alpha value is -1.48. The summed E-state index contributed by atoms with van der Waals surface area (Å²) in [6.45, 7) is 0. The van der Waals surface area contributed by atoms with Crippen LogP contribution >= 0.6 is 11.6 Å². The lowest BCUT2D eigenvalue weighted by atomic mass is 10.1. The Kier molecular flexibility index (Phi) is 2.92. The van der Waals surface area contributed by atoms with Crippen LogP contribution in [0.2, 0.25) is 5.15 Å². The average Bonchev–Trinajstić information content (AvgIpc) is 2.59. The van der Waals surface area contributed by atoms with E-state index in [1.807, 2.05) is 18.2 Å². The van der Waals surface area contributed by atoms with Gasteiger partial charge in [0.1, 0.15) is 0 Å². The number of benzene rings is 1. The van der Waals surface area contributed by atoms with E-state index in [1.54, 1.807) is 0 Å². The number of aryl methyl sites for hydroxylation is 2. The predicted molar refractivity (Wildman–Crippen MR) is 61.9 cm³/mol. The third kappa shape index (κ3) is 2.30. The molecule has 2 rings (SSSR count). The van der Waals surface area contributed by atoms with Crippen LogP contribution < -0.4 is 5.73 Å². The van der Waals surface area contributed by atoms with Gasteiger partial charge in [-0.25, -0.2) is 0 Å². The number of nitrogens with two attached hydrogens (primary N) is 1. The third-order valence-corrected chi connectivity index (χ3v) is 2.63. The molecule has 0 bridgehead atoms. The molecule has 3 N–H and O–H groups in total. The first-order valence-electron chi connectivity index (χ1n) is 4.79. The lowest BCUT2D eigenvalue weighted by molar-refractivity contribution is 0.895. The minimum atomic E-state index is 0.359. The van der Waals surface area contributed by atoms with Crippen LogP contribution in [0.25, 0.3) is 0 Å². The van der Waals surface area contributed by atoms with Gasteiger partial charge in [0.15, 0.2) is 5.15 Å². The van der Waals surface area contributed by atoms with Crippen molar-refractivity contribution in [1.29, 1.82) is 0 Å². The zero-order chi connectivity index (χ0) is 10.7. The fourth-order valence-corrected chi connectivity index (χ4v) is 1.62. The lowest BCUT2D eigenvalue weighted by Gasteiger charge is -2.00. The first kappa shape index (κ1) is 10.1. The van der Waals surface area contributed by atoms with Crippen molar-refractivity contribution in [2.24, 2.45) is 0 Å². The van der Waals surface area contributed by atoms with E-state index in [-0.39, 0.29) is 0 Å². The number of H-pyrrole nitrogens is 1. The quantitative estimate of drug-likeness (QED) is 0.837. The summed E-state index contributed by atoms with van der Waals surface area (Å²) in [5, 5.41) is 7.04. The van der Waals surface area contributed by atoms with Gasteiger partial charge >= 0.3 is 0 Å². The fourth-order valence-electron chi connectivity index (χ4n) is 1.47. The smallest absolute Gasteiger partial charge is 0.173 e. The maximum Gasteiger partial charge on any atom is 0.173 e. The summed E-state index contributed by atoms with van der Waals surface area (Å²) in [6, 6.07) is 10.2. The zero-order valence-electron chi connectivity index (χ0n) is 8.20. The molecule has 1 heterocycles. The van der Waals surface area contributed by atoms with Crippen molar-refractivity contribution in [2.45, 2.75) is 12.8 Å². The Morgan fingerprint density at radius 2 is 1.93 bits per heavy atom. The molecule has 0 fully saturated rings. The Labute approximate surface area is 93.3 Å². The van der Waals surface area contributed by atoms with E-state index in [4.69, 9.17) is 17.3 Å². The minimum Gasteiger partial charge on any atom is -0.395 e. The number of anilines is 1. The number of nitrogen functional groups attached to an aromatic ring is 1. The molecule has 0 radical (unpaired) electrons. The van der Waals surface area contributed by atoms with Crippen LogP contribution in [0, 0.1) is 0 Å². The molecule has 0 spiro atoms. The largest absolute Gasteiger partial charge is 0.395 e. The molecule has 4 heteroatoms. The molecule has 0 unspecified atom stereocenters. The average molecular weight is 222 g/mol. The van der Waals surface area contributed by atoms with Crippen molar-refractivity contribution in [2.75, 3.05) is 5.73 Å². The van der Waals surface area contributed by atoms with E-state index < -0.39 is 0 Å². The monoisotopic (exact) mass is 221 g/mol. The second-order valence-corrected chi connectivity index (χ2v) is 3.75. The van der Waals surface area contributed by atoms with Crippen LogP contribution in [0.4, 0.5) is 5.69 Å². The number of aromatic nitrogens is 2. The van der Waals surface area contributed by atoms with Crippen LogP contribution in [0.1, 0.15) is 11.3 Å². The molecule has 0 aliphatic rings. The van der Waals surface area contributed by atoms with Gasteiger partial charge in [-0.2, -0.15) is 5.10 Å². The fraction of sp³-hybridized carbons (Fsp3) is 0.182. The van der Waals surface area contributed by atoms with Crippen LogP contribution in [-0.2, 0) is 12.8 Å². The van der Waals surface area contributed by atoms with Gasteiger partial charge in [0.25, 0.3) is 0 Å². The first-order valence-corrected chi connectivity index (χ1v) is 5.17. The van der Waals surface area contributed by atoms with Crippen molar-refractivity contribution in [3.05, 3.63) is 46.7 Å². The van der Waals surface area contributed by atoms with Gasteiger partial charge in [-0.05, 0) is 18.4 Å². The topological polar surface area (TPSA) is 54.7 Å². The number of nitrogens with zero attached hydrogens (tertiary/aromatic N) is 1. The molecule has 2 aromatic rings. The van der Waals surface area contributed by atoms with E-state index in [0.29, 0.717) is 10.8 Å². The van der Waals surface area contributed by atoms with Crippen molar-refractivity contribution in [1.82, 2.24) is 10.2 Å². The second-order valence-electron chi connectivity index (χ2n) is 3.39. The molecular weight excluding hydrogens is 210 g/mol. The maximum atomic E-state index is 5.74. The summed E-state index contributed by atoms with van der Waals surface area (Å²) in [4.78, 5) is 0. The molecule has 0 saturated heterocycles. The van der Waals surface area contributed by atoms with Crippen molar-refractivity contribution >= 4 is 17.3 Å². The third-order valence-electron chi connectivity index (χ3n) is 2.34. The van der Waals surface area contributed by atoms with E-state index in [2.05, 4.69) is 22.3 Å². The SMILES string of the molecule is Nc1c(Cl)n[nH]c1CCc1ccccc1. The van der Waals surface area contributed by atoms with Gasteiger partial charge in [0, 0.05) is 0 Å². The van der Waals surface area contributed by atoms with Gasteiger partial charge in [-0.3, -0.25) is 5.10 Å². The summed E-state index contributed by atoms with van der Waals surface area (Å²) >= 11 is 5.74. The molecule has 0 amide bonds. The number of halogens is 1.